The number of carboxylic acid groups (broad SMARTS) is 1. The molecule has 0 spiro atoms. The van der Waals surface area contributed by atoms with E-state index in [0.717, 1.165) is 25.7 Å². The molecule has 0 amide bonds. The highest BCUT2D eigenvalue weighted by molar-refractivity contribution is 5.66. The van der Waals surface area contributed by atoms with Crippen molar-refractivity contribution in [3.05, 3.63) is 6.92 Å². The van der Waals surface area contributed by atoms with Crippen LogP contribution in [0.5, 0.6) is 0 Å². The predicted molar refractivity (Wildman–Crippen MR) is 45.3 cm³/mol. The lowest BCUT2D eigenvalue weighted by Crippen LogP contribution is -1.93. The Morgan fingerprint density at radius 2 is 1.64 bits per heavy atom. The van der Waals surface area contributed by atoms with Crippen LogP contribution in [0.25, 0.3) is 0 Å². The Bertz CT molecular complexity index is 99.7. The molecule has 0 fully saturated rings. The monoisotopic (exact) mass is 157 g/mol. The summed E-state index contributed by atoms with van der Waals surface area (Å²) >= 11 is 0. The molecule has 0 aromatic heterocycles. The van der Waals surface area contributed by atoms with Crippen LogP contribution in [0.2, 0.25) is 0 Å². The molecule has 0 aromatic carbocycles. The first-order valence-corrected chi connectivity index (χ1v) is 4.28. The number of rotatable bonds is 7. The van der Waals surface area contributed by atoms with E-state index in [1.165, 1.54) is 12.8 Å². The fourth-order valence-corrected chi connectivity index (χ4v) is 0.983. The molecule has 0 bridgehead atoms. The highest BCUT2D eigenvalue weighted by Gasteiger charge is 1.94. The highest BCUT2D eigenvalue weighted by Crippen LogP contribution is 2.06. The van der Waals surface area contributed by atoms with Gasteiger partial charge in [0, 0.05) is 6.42 Å². The van der Waals surface area contributed by atoms with Crippen LogP contribution in [0.1, 0.15) is 44.9 Å². The SMILES string of the molecule is [CH2-]CCCCCCCC(=O)O. The highest BCUT2D eigenvalue weighted by atomic mass is 16.4. The second-order valence-corrected chi connectivity index (χ2v) is 2.77. The lowest BCUT2D eigenvalue weighted by molar-refractivity contribution is -0.137. The van der Waals surface area contributed by atoms with E-state index in [-0.39, 0.29) is 0 Å². The third-order valence-electron chi connectivity index (χ3n) is 1.64. The van der Waals surface area contributed by atoms with Gasteiger partial charge < -0.3 is 12.0 Å². The van der Waals surface area contributed by atoms with E-state index in [2.05, 4.69) is 6.92 Å². The van der Waals surface area contributed by atoms with Crippen LogP contribution in [-0.2, 0) is 4.79 Å². The summed E-state index contributed by atoms with van der Waals surface area (Å²) in [5.41, 5.74) is 0. The Balaban J connectivity index is 2.85. The second kappa shape index (κ2) is 7.58. The molecule has 66 valence electrons. The maximum Gasteiger partial charge on any atom is 0.303 e. The molecular formula is C9H17O2-. The van der Waals surface area contributed by atoms with Gasteiger partial charge in [0.2, 0.25) is 0 Å². The Hall–Kier alpha value is -0.530. The summed E-state index contributed by atoms with van der Waals surface area (Å²) < 4.78 is 0. The molecule has 2 heteroatoms. The lowest BCUT2D eigenvalue weighted by Gasteiger charge is -1.99. The maximum atomic E-state index is 10.1. The summed E-state index contributed by atoms with van der Waals surface area (Å²) in [6.45, 7) is 3.74. The molecule has 11 heavy (non-hydrogen) atoms. The molecule has 2 nitrogen and oxygen atoms in total. The Morgan fingerprint density at radius 3 is 2.18 bits per heavy atom. The van der Waals surface area contributed by atoms with Gasteiger partial charge in [-0.05, 0) is 6.42 Å². The van der Waals surface area contributed by atoms with E-state index in [9.17, 15) is 4.79 Å². The van der Waals surface area contributed by atoms with Crippen molar-refractivity contribution in [2.45, 2.75) is 44.9 Å². The molecule has 0 unspecified atom stereocenters. The van der Waals surface area contributed by atoms with E-state index < -0.39 is 5.97 Å². The third-order valence-corrected chi connectivity index (χ3v) is 1.64. The van der Waals surface area contributed by atoms with E-state index >= 15 is 0 Å². The quantitative estimate of drug-likeness (QED) is 0.455. The molecule has 0 aliphatic heterocycles. The standard InChI is InChI=1S/C9H17O2/c1-2-3-4-5-6-7-8-9(10)11/h1-8H2,(H,10,11)/q-1. The van der Waals surface area contributed by atoms with Crippen LogP contribution in [0.15, 0.2) is 0 Å². The summed E-state index contributed by atoms with van der Waals surface area (Å²) in [6, 6.07) is 0. The summed E-state index contributed by atoms with van der Waals surface area (Å²) in [4.78, 5) is 10.1. The van der Waals surface area contributed by atoms with Crippen molar-refractivity contribution in [2.75, 3.05) is 0 Å². The molecule has 0 aliphatic carbocycles. The van der Waals surface area contributed by atoms with Crippen LogP contribution in [0, 0.1) is 6.92 Å². The zero-order chi connectivity index (χ0) is 8.53. The van der Waals surface area contributed by atoms with Gasteiger partial charge in [-0.3, -0.25) is 4.79 Å². The molecule has 0 aromatic rings. The van der Waals surface area contributed by atoms with Gasteiger partial charge in [0.1, 0.15) is 0 Å². The predicted octanol–water partition coefficient (Wildman–Crippen LogP) is 2.64. The van der Waals surface area contributed by atoms with Crippen LogP contribution >= 0.6 is 0 Å². The van der Waals surface area contributed by atoms with Crippen LogP contribution in [0.4, 0.5) is 0 Å². The van der Waals surface area contributed by atoms with Gasteiger partial charge in [0.05, 0.1) is 0 Å². The number of hydrogen-bond acceptors (Lipinski definition) is 1. The second-order valence-electron chi connectivity index (χ2n) is 2.77. The summed E-state index contributed by atoms with van der Waals surface area (Å²) in [6.07, 6.45) is 6.72. The van der Waals surface area contributed by atoms with E-state index in [1.807, 2.05) is 0 Å². The Kier molecular flexibility index (Phi) is 7.21. The molecule has 0 aliphatic rings. The van der Waals surface area contributed by atoms with Crippen molar-refractivity contribution in [3.63, 3.8) is 0 Å². The van der Waals surface area contributed by atoms with E-state index in [0.29, 0.717) is 6.42 Å². The normalized spacial score (nSPS) is 9.91. The number of carboxylic acids is 1. The molecule has 0 saturated heterocycles. The first kappa shape index (κ1) is 10.5. The van der Waals surface area contributed by atoms with Crippen LogP contribution in [-0.4, -0.2) is 11.1 Å². The molecule has 0 saturated carbocycles. The van der Waals surface area contributed by atoms with Gasteiger partial charge in [0.25, 0.3) is 0 Å². The summed E-state index contributed by atoms with van der Waals surface area (Å²) in [5.74, 6) is -0.679. The minimum Gasteiger partial charge on any atom is -0.481 e. The average molecular weight is 157 g/mol. The van der Waals surface area contributed by atoms with Crippen molar-refractivity contribution >= 4 is 5.97 Å². The van der Waals surface area contributed by atoms with Crippen molar-refractivity contribution in [1.29, 1.82) is 0 Å². The molecular weight excluding hydrogens is 140 g/mol. The molecule has 0 atom stereocenters. The largest absolute Gasteiger partial charge is 0.481 e. The van der Waals surface area contributed by atoms with E-state index in [4.69, 9.17) is 5.11 Å². The van der Waals surface area contributed by atoms with Crippen LogP contribution in [0.3, 0.4) is 0 Å². The number of aliphatic carboxylic acids is 1. The third kappa shape index (κ3) is 9.47. The fourth-order valence-electron chi connectivity index (χ4n) is 0.983. The number of unbranched alkanes of at least 4 members (excludes halogenated alkanes) is 5. The van der Waals surface area contributed by atoms with Crippen molar-refractivity contribution in [3.8, 4) is 0 Å². The minimum absolute atomic E-state index is 0.324. The number of carbonyl (C=O) groups is 1. The zero-order valence-electron chi connectivity index (χ0n) is 7.01. The van der Waals surface area contributed by atoms with Gasteiger partial charge in [-0.25, -0.2) is 0 Å². The van der Waals surface area contributed by atoms with Gasteiger partial charge in [-0.1, -0.05) is 25.7 Å². The molecule has 0 heterocycles. The molecule has 0 rings (SSSR count). The fraction of sp³-hybridized carbons (Fsp3) is 0.778. The van der Waals surface area contributed by atoms with Crippen LogP contribution < -0.4 is 0 Å². The van der Waals surface area contributed by atoms with Crippen molar-refractivity contribution < 1.29 is 9.90 Å². The maximum absolute atomic E-state index is 10.1. The van der Waals surface area contributed by atoms with Gasteiger partial charge in [-0.2, -0.15) is 6.42 Å². The molecule has 1 N–H and O–H groups in total. The Labute approximate surface area is 68.6 Å². The topological polar surface area (TPSA) is 37.3 Å². The lowest BCUT2D eigenvalue weighted by atomic mass is 10.1. The van der Waals surface area contributed by atoms with E-state index in [1.54, 1.807) is 0 Å². The average Bonchev–Trinajstić information content (AvgIpc) is 1.96. The molecule has 0 radical (unpaired) electrons. The summed E-state index contributed by atoms with van der Waals surface area (Å²) in [5, 5.41) is 8.31. The first-order chi connectivity index (χ1) is 5.27. The van der Waals surface area contributed by atoms with Crippen molar-refractivity contribution in [2.24, 2.45) is 0 Å². The Morgan fingerprint density at radius 1 is 1.09 bits per heavy atom. The zero-order valence-corrected chi connectivity index (χ0v) is 7.01. The summed E-state index contributed by atoms with van der Waals surface area (Å²) in [7, 11) is 0. The number of hydrogen-bond donors (Lipinski definition) is 1. The minimum atomic E-state index is -0.679. The van der Waals surface area contributed by atoms with Gasteiger partial charge >= 0.3 is 5.97 Å². The first-order valence-electron chi connectivity index (χ1n) is 4.28. The smallest absolute Gasteiger partial charge is 0.303 e. The van der Waals surface area contributed by atoms with Gasteiger partial charge in [0.15, 0.2) is 0 Å². The van der Waals surface area contributed by atoms with Crippen molar-refractivity contribution in [1.82, 2.24) is 0 Å². The van der Waals surface area contributed by atoms with Gasteiger partial charge in [-0.15, -0.1) is 0 Å².